The van der Waals surface area contributed by atoms with Gasteiger partial charge in [-0.15, -0.1) is 0 Å². The standard InChI is InChI=1S/C16H12N2/c1-11-5-3-4-6-14(11)16-13(9-17)8-7-12(2)15(16)10-18/h3-8H,1-2H3. The number of rotatable bonds is 1. The van der Waals surface area contributed by atoms with E-state index in [-0.39, 0.29) is 0 Å². The Balaban J connectivity index is 2.87. The molecule has 2 heteroatoms. The van der Waals surface area contributed by atoms with Crippen LogP contribution in [0.4, 0.5) is 0 Å². The van der Waals surface area contributed by atoms with Gasteiger partial charge in [0.2, 0.25) is 0 Å². The van der Waals surface area contributed by atoms with E-state index in [1.165, 1.54) is 0 Å². The summed E-state index contributed by atoms with van der Waals surface area (Å²) in [6.45, 7) is 3.88. The van der Waals surface area contributed by atoms with Crippen LogP contribution in [0.1, 0.15) is 22.3 Å². The summed E-state index contributed by atoms with van der Waals surface area (Å²) >= 11 is 0. The Morgan fingerprint density at radius 2 is 1.56 bits per heavy atom. The zero-order valence-corrected chi connectivity index (χ0v) is 10.4. The maximum absolute atomic E-state index is 9.31. The summed E-state index contributed by atoms with van der Waals surface area (Å²) in [6.07, 6.45) is 0. The lowest BCUT2D eigenvalue weighted by Crippen LogP contribution is -1.95. The van der Waals surface area contributed by atoms with Gasteiger partial charge in [0.15, 0.2) is 0 Å². The lowest BCUT2D eigenvalue weighted by atomic mass is 9.90. The van der Waals surface area contributed by atoms with Crippen LogP contribution in [0.2, 0.25) is 0 Å². The highest BCUT2D eigenvalue weighted by molar-refractivity contribution is 5.79. The van der Waals surface area contributed by atoms with Crippen molar-refractivity contribution in [3.8, 4) is 23.3 Å². The molecule has 0 saturated heterocycles. The summed E-state index contributed by atoms with van der Waals surface area (Å²) in [5.41, 5.74) is 4.80. The number of nitriles is 2. The molecule has 0 aromatic heterocycles. The van der Waals surface area contributed by atoms with E-state index in [4.69, 9.17) is 0 Å². The first-order chi connectivity index (χ1) is 8.69. The predicted molar refractivity (Wildman–Crippen MR) is 70.8 cm³/mol. The van der Waals surface area contributed by atoms with Crippen LogP contribution in [0.15, 0.2) is 36.4 Å². The van der Waals surface area contributed by atoms with Gasteiger partial charge in [0, 0.05) is 5.56 Å². The molecule has 0 aliphatic carbocycles. The van der Waals surface area contributed by atoms with Crippen molar-refractivity contribution < 1.29 is 0 Å². The molecule has 0 bridgehead atoms. The van der Waals surface area contributed by atoms with E-state index in [1.54, 1.807) is 6.07 Å². The minimum atomic E-state index is 0.548. The minimum absolute atomic E-state index is 0.548. The molecule has 0 saturated carbocycles. The molecule has 2 aromatic carbocycles. The molecule has 0 amide bonds. The second kappa shape index (κ2) is 4.73. The van der Waals surface area contributed by atoms with Gasteiger partial charge in [0.05, 0.1) is 17.2 Å². The van der Waals surface area contributed by atoms with E-state index in [0.29, 0.717) is 11.1 Å². The summed E-state index contributed by atoms with van der Waals surface area (Å²) in [5.74, 6) is 0. The summed E-state index contributed by atoms with van der Waals surface area (Å²) in [6, 6.07) is 15.8. The van der Waals surface area contributed by atoms with E-state index >= 15 is 0 Å². The smallest absolute Gasteiger partial charge is 0.100 e. The maximum Gasteiger partial charge on any atom is 0.100 e. The van der Waals surface area contributed by atoms with E-state index in [2.05, 4.69) is 12.1 Å². The van der Waals surface area contributed by atoms with Crippen LogP contribution in [0.5, 0.6) is 0 Å². The third-order valence-corrected chi connectivity index (χ3v) is 3.06. The third-order valence-electron chi connectivity index (χ3n) is 3.06. The van der Waals surface area contributed by atoms with Crippen LogP contribution in [0.25, 0.3) is 11.1 Å². The fraction of sp³-hybridized carbons (Fsp3) is 0.125. The monoisotopic (exact) mass is 232 g/mol. The molecular formula is C16H12N2. The van der Waals surface area contributed by atoms with E-state index < -0.39 is 0 Å². The van der Waals surface area contributed by atoms with Gasteiger partial charge in [-0.25, -0.2) is 0 Å². The fourth-order valence-electron chi connectivity index (χ4n) is 2.08. The molecule has 0 heterocycles. The van der Waals surface area contributed by atoms with Gasteiger partial charge >= 0.3 is 0 Å². The Morgan fingerprint density at radius 3 is 2.17 bits per heavy atom. The van der Waals surface area contributed by atoms with Crippen LogP contribution in [-0.4, -0.2) is 0 Å². The minimum Gasteiger partial charge on any atom is -0.192 e. The second-order valence-corrected chi connectivity index (χ2v) is 4.22. The SMILES string of the molecule is Cc1ccccc1-c1c(C#N)ccc(C)c1C#N. The van der Waals surface area contributed by atoms with Gasteiger partial charge in [-0.05, 0) is 36.6 Å². The van der Waals surface area contributed by atoms with E-state index in [9.17, 15) is 10.5 Å². The molecule has 0 unspecified atom stereocenters. The van der Waals surface area contributed by atoms with Gasteiger partial charge in [-0.1, -0.05) is 30.3 Å². The van der Waals surface area contributed by atoms with E-state index in [0.717, 1.165) is 22.3 Å². The molecule has 0 fully saturated rings. The Labute approximate surface area is 107 Å². The summed E-state index contributed by atoms with van der Waals surface area (Å²) in [4.78, 5) is 0. The molecule has 86 valence electrons. The largest absolute Gasteiger partial charge is 0.192 e. The highest BCUT2D eigenvalue weighted by Gasteiger charge is 2.14. The van der Waals surface area contributed by atoms with Gasteiger partial charge in [0.25, 0.3) is 0 Å². The molecule has 0 N–H and O–H groups in total. The number of hydrogen-bond donors (Lipinski definition) is 0. The van der Waals surface area contributed by atoms with Crippen LogP contribution < -0.4 is 0 Å². The number of benzene rings is 2. The maximum atomic E-state index is 9.31. The topological polar surface area (TPSA) is 47.6 Å². The number of nitrogens with zero attached hydrogens (tertiary/aromatic N) is 2. The Hall–Kier alpha value is -2.58. The molecule has 0 aliphatic rings. The summed E-state index contributed by atoms with van der Waals surface area (Å²) in [7, 11) is 0. The molecule has 2 aromatic rings. The molecule has 0 atom stereocenters. The normalized spacial score (nSPS) is 9.56. The Kier molecular flexibility index (Phi) is 3.13. The van der Waals surface area contributed by atoms with Crippen LogP contribution in [-0.2, 0) is 0 Å². The zero-order chi connectivity index (χ0) is 13.1. The van der Waals surface area contributed by atoms with Crippen LogP contribution >= 0.6 is 0 Å². The molecule has 0 aliphatic heterocycles. The van der Waals surface area contributed by atoms with Crippen molar-refractivity contribution in [1.29, 1.82) is 10.5 Å². The van der Waals surface area contributed by atoms with Crippen molar-refractivity contribution >= 4 is 0 Å². The molecule has 18 heavy (non-hydrogen) atoms. The van der Waals surface area contributed by atoms with Gasteiger partial charge in [-0.3, -0.25) is 0 Å². The molecular weight excluding hydrogens is 220 g/mol. The highest BCUT2D eigenvalue weighted by Crippen LogP contribution is 2.31. The van der Waals surface area contributed by atoms with Crippen molar-refractivity contribution in [3.63, 3.8) is 0 Å². The Morgan fingerprint density at radius 1 is 0.833 bits per heavy atom. The summed E-state index contributed by atoms with van der Waals surface area (Å²) in [5, 5.41) is 18.5. The average Bonchev–Trinajstić information content (AvgIpc) is 2.39. The quantitative estimate of drug-likeness (QED) is 0.752. The second-order valence-electron chi connectivity index (χ2n) is 4.22. The molecule has 0 radical (unpaired) electrons. The van der Waals surface area contributed by atoms with Crippen molar-refractivity contribution in [2.45, 2.75) is 13.8 Å². The van der Waals surface area contributed by atoms with Crippen molar-refractivity contribution in [2.75, 3.05) is 0 Å². The molecule has 2 nitrogen and oxygen atoms in total. The lowest BCUT2D eigenvalue weighted by molar-refractivity contribution is 1.35. The number of aryl methyl sites for hydroxylation is 2. The Bertz CT molecular complexity index is 685. The summed E-state index contributed by atoms with van der Waals surface area (Å²) < 4.78 is 0. The van der Waals surface area contributed by atoms with Gasteiger partial charge in [0.1, 0.15) is 6.07 Å². The average molecular weight is 232 g/mol. The van der Waals surface area contributed by atoms with Gasteiger partial charge in [-0.2, -0.15) is 10.5 Å². The highest BCUT2D eigenvalue weighted by atomic mass is 14.3. The van der Waals surface area contributed by atoms with Gasteiger partial charge < -0.3 is 0 Å². The predicted octanol–water partition coefficient (Wildman–Crippen LogP) is 3.71. The zero-order valence-electron chi connectivity index (χ0n) is 10.4. The molecule has 0 spiro atoms. The van der Waals surface area contributed by atoms with E-state index in [1.807, 2.05) is 44.2 Å². The first-order valence-corrected chi connectivity index (χ1v) is 5.69. The fourth-order valence-corrected chi connectivity index (χ4v) is 2.08. The number of hydrogen-bond acceptors (Lipinski definition) is 2. The van der Waals surface area contributed by atoms with Crippen LogP contribution in [0.3, 0.4) is 0 Å². The van der Waals surface area contributed by atoms with Crippen molar-refractivity contribution in [2.24, 2.45) is 0 Å². The third kappa shape index (κ3) is 1.85. The molecule has 2 rings (SSSR count). The van der Waals surface area contributed by atoms with Crippen LogP contribution in [0, 0.1) is 36.5 Å². The first-order valence-electron chi connectivity index (χ1n) is 5.69. The van der Waals surface area contributed by atoms with Crippen molar-refractivity contribution in [3.05, 3.63) is 58.7 Å². The first kappa shape index (κ1) is 11.9. The lowest BCUT2D eigenvalue weighted by Gasteiger charge is -2.11. The van der Waals surface area contributed by atoms with Crippen molar-refractivity contribution in [1.82, 2.24) is 0 Å².